The van der Waals surface area contributed by atoms with E-state index >= 15 is 0 Å². The van der Waals surface area contributed by atoms with Gasteiger partial charge in [-0.05, 0) is 49.6 Å². The molecule has 0 saturated heterocycles. The van der Waals surface area contributed by atoms with Gasteiger partial charge >= 0.3 is 6.18 Å². The van der Waals surface area contributed by atoms with Gasteiger partial charge in [-0.25, -0.2) is 8.42 Å². The molecule has 0 aliphatic rings. The third-order valence-corrected chi connectivity index (χ3v) is 7.38. The van der Waals surface area contributed by atoms with Crippen LogP contribution in [0.15, 0.2) is 65.7 Å². The third-order valence-electron chi connectivity index (χ3n) is 4.92. The summed E-state index contributed by atoms with van der Waals surface area (Å²) in [5.41, 5.74) is -0.510. The van der Waals surface area contributed by atoms with Crippen molar-refractivity contribution in [1.29, 1.82) is 0 Å². The zero-order valence-electron chi connectivity index (χ0n) is 15.7. The second-order valence-corrected chi connectivity index (χ2v) is 9.61. The van der Waals surface area contributed by atoms with Crippen molar-refractivity contribution in [2.24, 2.45) is 0 Å². The van der Waals surface area contributed by atoms with Gasteiger partial charge in [-0.15, -0.1) is 0 Å². The Morgan fingerprint density at radius 1 is 0.966 bits per heavy atom. The molecule has 0 N–H and O–H groups in total. The van der Waals surface area contributed by atoms with E-state index in [0.29, 0.717) is 17.8 Å². The summed E-state index contributed by atoms with van der Waals surface area (Å²) in [5.74, 6) is -0.596. The van der Waals surface area contributed by atoms with Crippen LogP contribution in [-0.2, 0) is 27.2 Å². The van der Waals surface area contributed by atoms with Gasteiger partial charge in [0, 0.05) is 11.6 Å². The van der Waals surface area contributed by atoms with Crippen LogP contribution in [0.3, 0.4) is 0 Å². The summed E-state index contributed by atoms with van der Waals surface area (Å²) in [7, 11) is -4.22. The Kier molecular flexibility index (Phi) is 5.25. The molecular weight excluding hydrogens is 403 g/mol. The lowest BCUT2D eigenvalue weighted by Crippen LogP contribution is -2.41. The van der Waals surface area contributed by atoms with Crippen LogP contribution in [0.5, 0.6) is 0 Å². The minimum absolute atomic E-state index is 0.214. The number of sulfone groups is 1. The number of carbonyl (C=O) groups is 1. The molecule has 2 aromatic carbocycles. The Labute approximate surface area is 166 Å². The number of rotatable bonds is 5. The van der Waals surface area contributed by atoms with Gasteiger partial charge in [0.2, 0.25) is 0 Å². The normalized spacial score (nSPS) is 12.9. The molecule has 0 amide bonds. The number of hydrogen-bond acceptors (Lipinski definition) is 4. The molecule has 3 aromatic rings. The first-order valence-corrected chi connectivity index (χ1v) is 10.2. The van der Waals surface area contributed by atoms with Crippen molar-refractivity contribution in [3.8, 4) is 0 Å². The Balaban J connectivity index is 1.93. The van der Waals surface area contributed by atoms with Crippen molar-refractivity contribution >= 4 is 26.4 Å². The quantitative estimate of drug-likeness (QED) is 0.603. The molecule has 0 fully saturated rings. The average Bonchev–Trinajstić information content (AvgIpc) is 2.67. The fourth-order valence-electron chi connectivity index (χ4n) is 2.96. The number of pyridine rings is 1. The zero-order chi connectivity index (χ0) is 21.4. The van der Waals surface area contributed by atoms with Gasteiger partial charge in [-0.3, -0.25) is 9.78 Å². The maximum atomic E-state index is 13.0. The predicted molar refractivity (Wildman–Crippen MR) is 103 cm³/mol. The molecule has 0 atom stereocenters. The number of ketones is 1. The number of fused-ring (bicyclic) bond motifs is 1. The first-order chi connectivity index (χ1) is 13.4. The summed E-state index contributed by atoms with van der Waals surface area (Å²) < 4.78 is 62.3. The smallest absolute Gasteiger partial charge is 0.298 e. The van der Waals surface area contributed by atoms with Crippen molar-refractivity contribution in [1.82, 2.24) is 4.98 Å². The molecule has 1 heterocycles. The maximum Gasteiger partial charge on any atom is 0.416 e. The topological polar surface area (TPSA) is 64.1 Å². The predicted octanol–water partition coefficient (Wildman–Crippen LogP) is 4.62. The molecule has 0 bridgehead atoms. The van der Waals surface area contributed by atoms with E-state index in [1.807, 2.05) is 12.1 Å². The lowest BCUT2D eigenvalue weighted by Gasteiger charge is -2.24. The standard InChI is InChI=1S/C21H18F3NO3S/c1-20(2,29(27,28)16-9-7-15(8-10-16)21(22,23)24)19(26)13-18-17-6-4-3-5-14(17)11-12-25-18/h3-12H,13H2,1-2H3. The molecule has 152 valence electrons. The van der Waals surface area contributed by atoms with Gasteiger partial charge in [0.15, 0.2) is 15.6 Å². The largest absolute Gasteiger partial charge is 0.416 e. The highest BCUT2D eigenvalue weighted by Crippen LogP contribution is 2.32. The highest BCUT2D eigenvalue weighted by atomic mass is 32.2. The number of alkyl halides is 3. The Morgan fingerprint density at radius 3 is 2.21 bits per heavy atom. The lowest BCUT2D eigenvalue weighted by molar-refractivity contribution is -0.137. The van der Waals surface area contributed by atoms with E-state index in [9.17, 15) is 26.4 Å². The lowest BCUT2D eigenvalue weighted by atomic mass is 10.00. The summed E-state index contributed by atoms with van der Waals surface area (Å²) in [5, 5.41) is 1.61. The molecule has 0 aliphatic carbocycles. The summed E-state index contributed by atoms with van der Waals surface area (Å²) in [6.45, 7) is 2.51. The number of halogens is 3. The molecule has 1 aromatic heterocycles. The highest BCUT2D eigenvalue weighted by Gasteiger charge is 2.43. The minimum atomic E-state index is -4.58. The first kappa shape index (κ1) is 21.0. The van der Waals surface area contributed by atoms with Crippen molar-refractivity contribution in [3.63, 3.8) is 0 Å². The van der Waals surface area contributed by atoms with Gasteiger partial charge in [-0.1, -0.05) is 24.3 Å². The fraction of sp³-hybridized carbons (Fsp3) is 0.238. The van der Waals surface area contributed by atoms with Crippen LogP contribution in [0.2, 0.25) is 0 Å². The second kappa shape index (κ2) is 7.26. The summed E-state index contributed by atoms with van der Waals surface area (Å²) in [6, 6.07) is 12.2. The average molecular weight is 421 g/mol. The molecule has 0 unspecified atom stereocenters. The Morgan fingerprint density at radius 2 is 1.59 bits per heavy atom. The van der Waals surface area contributed by atoms with Crippen molar-refractivity contribution < 1.29 is 26.4 Å². The maximum absolute atomic E-state index is 13.0. The van der Waals surface area contributed by atoms with Crippen LogP contribution in [-0.4, -0.2) is 23.9 Å². The van der Waals surface area contributed by atoms with Gasteiger partial charge in [-0.2, -0.15) is 13.2 Å². The molecule has 29 heavy (non-hydrogen) atoms. The number of hydrogen-bond donors (Lipinski definition) is 0. The van der Waals surface area contributed by atoms with Gasteiger partial charge in [0.25, 0.3) is 0 Å². The Bertz CT molecular complexity index is 1160. The summed E-state index contributed by atoms with van der Waals surface area (Å²) in [6.07, 6.45) is -3.25. The van der Waals surface area contributed by atoms with Crippen LogP contribution in [0.1, 0.15) is 25.1 Å². The van der Waals surface area contributed by atoms with E-state index in [4.69, 9.17) is 0 Å². The van der Waals surface area contributed by atoms with Crippen molar-refractivity contribution in [2.45, 2.75) is 36.1 Å². The molecule has 0 saturated carbocycles. The number of aromatic nitrogens is 1. The molecule has 0 spiro atoms. The third kappa shape index (κ3) is 3.89. The molecule has 4 nitrogen and oxygen atoms in total. The minimum Gasteiger partial charge on any atom is -0.298 e. The monoisotopic (exact) mass is 421 g/mol. The molecule has 8 heteroatoms. The van der Waals surface area contributed by atoms with E-state index in [1.165, 1.54) is 13.8 Å². The van der Waals surface area contributed by atoms with Crippen LogP contribution < -0.4 is 0 Å². The number of benzene rings is 2. The first-order valence-electron chi connectivity index (χ1n) is 8.72. The van der Waals surface area contributed by atoms with E-state index in [-0.39, 0.29) is 11.3 Å². The Hall–Kier alpha value is -2.74. The highest BCUT2D eigenvalue weighted by molar-refractivity contribution is 7.93. The number of carbonyl (C=O) groups excluding carboxylic acids is 1. The number of Topliss-reactive ketones (excluding diaryl/α,β-unsaturated/α-hetero) is 1. The molecule has 3 rings (SSSR count). The van der Waals surface area contributed by atoms with E-state index < -0.39 is 32.1 Å². The van der Waals surface area contributed by atoms with Gasteiger partial charge < -0.3 is 0 Å². The molecular formula is C21H18F3NO3S. The van der Waals surface area contributed by atoms with E-state index in [1.54, 1.807) is 24.4 Å². The molecule has 0 aliphatic heterocycles. The second-order valence-electron chi connectivity index (χ2n) is 7.11. The zero-order valence-corrected chi connectivity index (χ0v) is 16.5. The van der Waals surface area contributed by atoms with Gasteiger partial charge in [0.05, 0.1) is 22.6 Å². The summed E-state index contributed by atoms with van der Waals surface area (Å²) >= 11 is 0. The van der Waals surface area contributed by atoms with Crippen LogP contribution in [0.25, 0.3) is 10.8 Å². The van der Waals surface area contributed by atoms with Crippen LogP contribution in [0, 0.1) is 0 Å². The van der Waals surface area contributed by atoms with Crippen LogP contribution >= 0.6 is 0 Å². The van der Waals surface area contributed by atoms with Crippen molar-refractivity contribution in [2.75, 3.05) is 0 Å². The van der Waals surface area contributed by atoms with Crippen molar-refractivity contribution in [3.05, 3.63) is 72.1 Å². The summed E-state index contributed by atoms with van der Waals surface area (Å²) in [4.78, 5) is 16.8. The van der Waals surface area contributed by atoms with Gasteiger partial charge in [0.1, 0.15) is 4.75 Å². The van der Waals surface area contributed by atoms with E-state index in [2.05, 4.69) is 4.98 Å². The van der Waals surface area contributed by atoms with E-state index in [0.717, 1.165) is 22.9 Å². The fourth-order valence-corrected chi connectivity index (χ4v) is 4.41. The number of nitrogens with zero attached hydrogens (tertiary/aromatic N) is 1. The van der Waals surface area contributed by atoms with Crippen LogP contribution in [0.4, 0.5) is 13.2 Å². The molecule has 0 radical (unpaired) electrons. The SMILES string of the molecule is CC(C)(C(=O)Cc1nccc2ccccc12)S(=O)(=O)c1ccc(C(F)(F)F)cc1.